The zero-order valence-corrected chi connectivity index (χ0v) is 14.8. The third-order valence-electron chi connectivity index (χ3n) is 3.14. The standard InChI is InChI=1S/C15H27NS3/c1-3-4-5-6-7-8-9-10-11-12-14(2)19-15(17)18-13-16/h14H,3-12H2,1-2H3. The Hall–Kier alpha value is 0.280. The van der Waals surface area contributed by atoms with Crippen LogP contribution in [0.2, 0.25) is 0 Å². The highest BCUT2D eigenvalue weighted by molar-refractivity contribution is 8.48. The van der Waals surface area contributed by atoms with E-state index in [0.717, 1.165) is 15.3 Å². The zero-order chi connectivity index (χ0) is 14.3. The molecule has 110 valence electrons. The van der Waals surface area contributed by atoms with Gasteiger partial charge >= 0.3 is 0 Å². The van der Waals surface area contributed by atoms with E-state index < -0.39 is 0 Å². The van der Waals surface area contributed by atoms with Crippen molar-refractivity contribution in [2.24, 2.45) is 0 Å². The van der Waals surface area contributed by atoms with Crippen molar-refractivity contribution >= 4 is 39.3 Å². The quantitative estimate of drug-likeness (QED) is 0.245. The Bertz CT molecular complexity index is 261. The molecular weight excluding hydrogens is 290 g/mol. The van der Waals surface area contributed by atoms with Gasteiger partial charge in [0.1, 0.15) is 8.93 Å². The summed E-state index contributed by atoms with van der Waals surface area (Å²) < 4.78 is 0.769. The number of unbranched alkanes of at least 4 members (excludes halogenated alkanes) is 8. The van der Waals surface area contributed by atoms with Gasteiger partial charge in [-0.15, -0.1) is 11.8 Å². The summed E-state index contributed by atoms with van der Waals surface area (Å²) in [7, 11) is 0. The highest BCUT2D eigenvalue weighted by Crippen LogP contribution is 2.24. The molecule has 0 aliphatic carbocycles. The number of thioether (sulfide) groups is 2. The van der Waals surface area contributed by atoms with Crippen LogP contribution in [0.4, 0.5) is 0 Å². The van der Waals surface area contributed by atoms with Crippen molar-refractivity contribution in [2.45, 2.75) is 83.3 Å². The lowest BCUT2D eigenvalue weighted by atomic mass is 10.1. The van der Waals surface area contributed by atoms with Gasteiger partial charge in [-0.2, -0.15) is 5.26 Å². The van der Waals surface area contributed by atoms with Crippen molar-refractivity contribution < 1.29 is 0 Å². The summed E-state index contributed by atoms with van der Waals surface area (Å²) in [6, 6.07) is 0. The van der Waals surface area contributed by atoms with Gasteiger partial charge in [0.25, 0.3) is 0 Å². The lowest BCUT2D eigenvalue weighted by molar-refractivity contribution is 0.556. The maximum atomic E-state index is 8.51. The van der Waals surface area contributed by atoms with Gasteiger partial charge in [0.05, 0.1) is 0 Å². The molecule has 0 saturated carbocycles. The number of hydrogen-bond acceptors (Lipinski definition) is 4. The molecule has 0 heterocycles. The topological polar surface area (TPSA) is 23.8 Å². The van der Waals surface area contributed by atoms with Crippen LogP contribution in [0.5, 0.6) is 0 Å². The Morgan fingerprint density at radius 3 is 2.11 bits per heavy atom. The van der Waals surface area contributed by atoms with Gasteiger partial charge in [-0.05, 0) is 6.42 Å². The molecule has 19 heavy (non-hydrogen) atoms. The molecule has 0 aromatic rings. The Kier molecular flexibility index (Phi) is 14.9. The predicted molar refractivity (Wildman–Crippen MR) is 94.7 cm³/mol. The van der Waals surface area contributed by atoms with Gasteiger partial charge in [-0.25, -0.2) is 0 Å². The van der Waals surface area contributed by atoms with Crippen molar-refractivity contribution in [3.63, 3.8) is 0 Å². The van der Waals surface area contributed by atoms with E-state index in [9.17, 15) is 0 Å². The average molecular weight is 318 g/mol. The van der Waals surface area contributed by atoms with Crippen LogP contribution in [-0.4, -0.2) is 8.78 Å². The third-order valence-corrected chi connectivity index (χ3v) is 5.31. The summed E-state index contributed by atoms with van der Waals surface area (Å²) in [5.41, 5.74) is 0. The van der Waals surface area contributed by atoms with Crippen LogP contribution in [0.3, 0.4) is 0 Å². The normalized spacial score (nSPS) is 12.1. The van der Waals surface area contributed by atoms with Crippen molar-refractivity contribution in [1.29, 1.82) is 5.26 Å². The number of rotatable bonds is 11. The molecule has 1 atom stereocenters. The first-order valence-electron chi connectivity index (χ1n) is 7.47. The van der Waals surface area contributed by atoms with Crippen LogP contribution in [0, 0.1) is 10.7 Å². The van der Waals surface area contributed by atoms with Gasteiger partial charge in [0.15, 0.2) is 0 Å². The lowest BCUT2D eigenvalue weighted by Gasteiger charge is -2.09. The van der Waals surface area contributed by atoms with E-state index in [-0.39, 0.29) is 0 Å². The molecule has 4 heteroatoms. The van der Waals surface area contributed by atoms with Gasteiger partial charge < -0.3 is 0 Å². The Labute approximate surface area is 133 Å². The van der Waals surface area contributed by atoms with Gasteiger partial charge in [-0.1, -0.05) is 83.9 Å². The van der Waals surface area contributed by atoms with Crippen molar-refractivity contribution in [3.8, 4) is 5.40 Å². The van der Waals surface area contributed by atoms with Gasteiger partial charge in [-0.3, -0.25) is 0 Å². The van der Waals surface area contributed by atoms with Crippen LogP contribution in [0.25, 0.3) is 0 Å². The first-order chi connectivity index (χ1) is 9.20. The van der Waals surface area contributed by atoms with Crippen LogP contribution < -0.4 is 0 Å². The second-order valence-electron chi connectivity index (χ2n) is 4.99. The molecule has 0 aromatic heterocycles. The van der Waals surface area contributed by atoms with E-state index in [1.807, 2.05) is 5.40 Å². The summed E-state index contributed by atoms with van der Waals surface area (Å²) in [5, 5.41) is 11.1. The van der Waals surface area contributed by atoms with E-state index in [2.05, 4.69) is 13.8 Å². The van der Waals surface area contributed by atoms with E-state index in [4.69, 9.17) is 17.5 Å². The smallest absolute Gasteiger partial charge is 0.139 e. The molecule has 0 aromatic carbocycles. The Morgan fingerprint density at radius 2 is 1.58 bits per heavy atom. The van der Waals surface area contributed by atoms with Crippen LogP contribution >= 0.6 is 35.7 Å². The summed E-state index contributed by atoms with van der Waals surface area (Å²) in [4.78, 5) is 0. The molecule has 0 N–H and O–H groups in total. The molecule has 0 radical (unpaired) electrons. The molecule has 1 nitrogen and oxygen atoms in total. The summed E-state index contributed by atoms with van der Waals surface area (Å²) in [5.74, 6) is 0. The van der Waals surface area contributed by atoms with Crippen LogP contribution in [0.15, 0.2) is 0 Å². The first-order valence-corrected chi connectivity index (χ1v) is 9.57. The number of thiocarbonyl (C=S) groups is 1. The van der Waals surface area contributed by atoms with Gasteiger partial charge in [0.2, 0.25) is 0 Å². The number of thiocyanates is 1. The second-order valence-corrected chi connectivity index (χ2v) is 8.42. The van der Waals surface area contributed by atoms with Gasteiger partial charge in [0, 0.05) is 17.0 Å². The van der Waals surface area contributed by atoms with Crippen molar-refractivity contribution in [2.75, 3.05) is 0 Å². The molecule has 0 fully saturated rings. The molecule has 1 unspecified atom stereocenters. The van der Waals surface area contributed by atoms with E-state index in [0.29, 0.717) is 5.25 Å². The molecular formula is C15H27NS3. The fourth-order valence-corrected chi connectivity index (χ4v) is 4.12. The summed E-state index contributed by atoms with van der Waals surface area (Å²) in [6.07, 6.45) is 13.6. The summed E-state index contributed by atoms with van der Waals surface area (Å²) in [6.45, 7) is 4.47. The lowest BCUT2D eigenvalue weighted by Crippen LogP contribution is -1.98. The minimum Gasteiger partial charge on any atom is -0.185 e. The molecule has 0 aliphatic rings. The number of nitrogens with zero attached hydrogens (tertiary/aromatic N) is 1. The highest BCUT2D eigenvalue weighted by atomic mass is 32.2. The van der Waals surface area contributed by atoms with Crippen molar-refractivity contribution in [3.05, 3.63) is 0 Å². The Morgan fingerprint density at radius 1 is 1.05 bits per heavy atom. The third kappa shape index (κ3) is 14.5. The van der Waals surface area contributed by atoms with E-state index >= 15 is 0 Å². The zero-order valence-electron chi connectivity index (χ0n) is 12.3. The number of hydrogen-bond donors (Lipinski definition) is 0. The SMILES string of the molecule is CCCCCCCCCCCC(C)SC(=S)SC#N. The summed E-state index contributed by atoms with van der Waals surface area (Å²) >= 11 is 7.89. The molecule has 0 spiro atoms. The largest absolute Gasteiger partial charge is 0.185 e. The molecule has 0 saturated heterocycles. The predicted octanol–water partition coefficient (Wildman–Crippen LogP) is 6.53. The number of nitriles is 1. The fourth-order valence-electron chi connectivity index (χ4n) is 2.03. The monoisotopic (exact) mass is 317 g/mol. The maximum Gasteiger partial charge on any atom is 0.139 e. The molecule has 0 bridgehead atoms. The van der Waals surface area contributed by atoms with E-state index in [1.54, 1.807) is 11.8 Å². The minimum absolute atomic E-state index is 0.554. The van der Waals surface area contributed by atoms with Crippen LogP contribution in [0.1, 0.15) is 78.1 Å². The first kappa shape index (κ1) is 19.3. The highest BCUT2D eigenvalue weighted by Gasteiger charge is 2.06. The fraction of sp³-hybridized carbons (Fsp3) is 0.867. The van der Waals surface area contributed by atoms with E-state index in [1.165, 1.54) is 64.2 Å². The maximum absolute atomic E-state index is 8.51. The molecule has 0 rings (SSSR count). The average Bonchev–Trinajstić information content (AvgIpc) is 2.37. The second kappa shape index (κ2) is 14.7. The molecule has 0 amide bonds. The van der Waals surface area contributed by atoms with Crippen LogP contribution in [-0.2, 0) is 0 Å². The Balaban J connectivity index is 3.25. The minimum atomic E-state index is 0.554. The van der Waals surface area contributed by atoms with Crippen molar-refractivity contribution in [1.82, 2.24) is 0 Å². The molecule has 0 aliphatic heterocycles.